The molecule has 1 heterocycles. The number of nitrogens with one attached hydrogen (secondary N) is 1. The molecule has 3 unspecified atom stereocenters. The predicted octanol–water partition coefficient (Wildman–Crippen LogP) is 1.38. The molecule has 3 atom stereocenters. The second-order valence-corrected chi connectivity index (χ2v) is 5.66. The van der Waals surface area contributed by atoms with Crippen LogP contribution in [0.5, 0.6) is 0 Å². The normalized spacial score (nSPS) is 36.9. The van der Waals surface area contributed by atoms with Crippen molar-refractivity contribution < 1.29 is 4.74 Å². The van der Waals surface area contributed by atoms with Crippen molar-refractivity contribution in [1.29, 1.82) is 5.26 Å². The Kier molecular flexibility index (Phi) is 4.60. The minimum atomic E-state index is -0.264. The van der Waals surface area contributed by atoms with E-state index in [-0.39, 0.29) is 5.54 Å². The van der Waals surface area contributed by atoms with Crippen molar-refractivity contribution in [3.05, 3.63) is 0 Å². The molecular formula is C14H25N3O. The molecule has 1 aliphatic carbocycles. The fourth-order valence-electron chi connectivity index (χ4n) is 3.53. The van der Waals surface area contributed by atoms with Gasteiger partial charge in [0.1, 0.15) is 5.54 Å². The minimum absolute atomic E-state index is 0.264. The molecule has 0 radical (unpaired) electrons. The molecule has 2 fully saturated rings. The third kappa shape index (κ3) is 2.69. The number of methoxy groups -OCH3 is 1. The first-order valence-electron chi connectivity index (χ1n) is 7.09. The van der Waals surface area contributed by atoms with E-state index in [1.807, 2.05) is 7.05 Å². The van der Waals surface area contributed by atoms with Crippen molar-refractivity contribution in [2.45, 2.75) is 43.7 Å². The average Bonchev–Trinajstić information content (AvgIpc) is 3.03. The van der Waals surface area contributed by atoms with Gasteiger partial charge in [-0.05, 0) is 45.2 Å². The quantitative estimate of drug-likeness (QED) is 0.802. The molecule has 0 amide bonds. The standard InChI is InChI=1S/C14H25N3O/c1-16-14(11-15)7-3-4-12(14)5-8-17-9-6-13(10-17)18-2/h12-13,16H,3-10H2,1-2H3. The zero-order chi connectivity index (χ0) is 13.0. The van der Waals surface area contributed by atoms with E-state index in [1.54, 1.807) is 7.11 Å². The highest BCUT2D eigenvalue weighted by Gasteiger charge is 2.41. The van der Waals surface area contributed by atoms with Crippen molar-refractivity contribution in [2.24, 2.45) is 5.92 Å². The number of ether oxygens (including phenoxy) is 1. The first kappa shape index (κ1) is 13.8. The monoisotopic (exact) mass is 251 g/mol. The van der Waals surface area contributed by atoms with Gasteiger partial charge in [0, 0.05) is 20.2 Å². The smallest absolute Gasteiger partial charge is 0.109 e. The molecule has 4 heteroatoms. The van der Waals surface area contributed by atoms with E-state index in [0.717, 1.165) is 38.9 Å². The Morgan fingerprint density at radius 3 is 2.94 bits per heavy atom. The molecule has 1 saturated carbocycles. The van der Waals surface area contributed by atoms with E-state index in [0.29, 0.717) is 12.0 Å². The van der Waals surface area contributed by atoms with Crippen molar-refractivity contribution in [3.8, 4) is 6.07 Å². The first-order valence-corrected chi connectivity index (χ1v) is 7.09. The van der Waals surface area contributed by atoms with Crippen molar-refractivity contribution in [1.82, 2.24) is 10.2 Å². The summed E-state index contributed by atoms with van der Waals surface area (Å²) in [4.78, 5) is 2.48. The zero-order valence-corrected chi connectivity index (χ0v) is 11.6. The summed E-state index contributed by atoms with van der Waals surface area (Å²) >= 11 is 0. The summed E-state index contributed by atoms with van der Waals surface area (Å²) in [5.74, 6) is 0.508. The zero-order valence-electron chi connectivity index (χ0n) is 11.6. The van der Waals surface area contributed by atoms with Gasteiger partial charge >= 0.3 is 0 Å². The number of rotatable bonds is 5. The highest BCUT2D eigenvalue weighted by atomic mass is 16.5. The van der Waals surface area contributed by atoms with E-state index < -0.39 is 0 Å². The van der Waals surface area contributed by atoms with Crippen LogP contribution < -0.4 is 5.32 Å². The van der Waals surface area contributed by atoms with Gasteiger partial charge in [-0.3, -0.25) is 0 Å². The topological polar surface area (TPSA) is 48.3 Å². The third-order valence-corrected chi connectivity index (χ3v) is 4.82. The van der Waals surface area contributed by atoms with E-state index in [1.165, 1.54) is 12.8 Å². The van der Waals surface area contributed by atoms with Crippen molar-refractivity contribution in [2.75, 3.05) is 33.8 Å². The minimum Gasteiger partial charge on any atom is -0.380 e. The van der Waals surface area contributed by atoms with Gasteiger partial charge in [0.2, 0.25) is 0 Å². The lowest BCUT2D eigenvalue weighted by Crippen LogP contribution is -2.45. The van der Waals surface area contributed by atoms with Crippen molar-refractivity contribution >= 4 is 0 Å². The van der Waals surface area contributed by atoms with Crippen LogP contribution in [0.4, 0.5) is 0 Å². The molecule has 0 aromatic carbocycles. The van der Waals surface area contributed by atoms with Crippen LogP contribution in [0.1, 0.15) is 32.1 Å². The maximum absolute atomic E-state index is 9.41. The summed E-state index contributed by atoms with van der Waals surface area (Å²) in [6, 6.07) is 2.52. The maximum Gasteiger partial charge on any atom is 0.109 e. The van der Waals surface area contributed by atoms with Gasteiger partial charge in [-0.15, -0.1) is 0 Å². The van der Waals surface area contributed by atoms with Crippen LogP contribution >= 0.6 is 0 Å². The first-order chi connectivity index (χ1) is 8.74. The van der Waals surface area contributed by atoms with Crippen LogP contribution in [0.3, 0.4) is 0 Å². The second-order valence-electron chi connectivity index (χ2n) is 5.66. The lowest BCUT2D eigenvalue weighted by atomic mass is 9.86. The van der Waals surface area contributed by atoms with Crippen LogP contribution in [0.15, 0.2) is 0 Å². The molecular weight excluding hydrogens is 226 g/mol. The molecule has 1 aliphatic heterocycles. The van der Waals surface area contributed by atoms with E-state index in [2.05, 4.69) is 16.3 Å². The van der Waals surface area contributed by atoms with Gasteiger partial charge in [-0.2, -0.15) is 5.26 Å². The molecule has 2 aliphatic rings. The van der Waals surface area contributed by atoms with Crippen LogP contribution in [-0.4, -0.2) is 50.3 Å². The summed E-state index contributed by atoms with van der Waals surface area (Å²) in [6.45, 7) is 3.31. The van der Waals surface area contributed by atoms with Gasteiger partial charge in [-0.25, -0.2) is 0 Å². The number of hydrogen-bond acceptors (Lipinski definition) is 4. The molecule has 0 spiro atoms. The highest BCUT2D eigenvalue weighted by Crippen LogP contribution is 2.37. The Bertz CT molecular complexity index is 315. The fraction of sp³-hybridized carbons (Fsp3) is 0.929. The SMILES string of the molecule is CNC1(C#N)CCCC1CCN1CCC(OC)C1. The Morgan fingerprint density at radius 2 is 2.33 bits per heavy atom. The Balaban J connectivity index is 1.82. The highest BCUT2D eigenvalue weighted by molar-refractivity contribution is 5.13. The number of hydrogen-bond donors (Lipinski definition) is 1. The molecule has 0 aromatic heterocycles. The van der Waals surface area contributed by atoms with Crippen LogP contribution in [-0.2, 0) is 4.74 Å². The van der Waals surface area contributed by atoms with E-state index in [4.69, 9.17) is 4.74 Å². The largest absolute Gasteiger partial charge is 0.380 e. The van der Waals surface area contributed by atoms with Crippen LogP contribution in [0.25, 0.3) is 0 Å². The number of nitrogens with zero attached hydrogens (tertiary/aromatic N) is 2. The van der Waals surface area contributed by atoms with Crippen LogP contribution in [0.2, 0.25) is 0 Å². The van der Waals surface area contributed by atoms with E-state index >= 15 is 0 Å². The van der Waals surface area contributed by atoms with Gasteiger partial charge in [0.15, 0.2) is 0 Å². The summed E-state index contributed by atoms with van der Waals surface area (Å²) in [5.41, 5.74) is -0.264. The maximum atomic E-state index is 9.41. The van der Waals surface area contributed by atoms with Crippen LogP contribution in [0, 0.1) is 17.2 Å². The second kappa shape index (κ2) is 6.01. The lowest BCUT2D eigenvalue weighted by Gasteiger charge is -2.29. The predicted molar refractivity (Wildman–Crippen MR) is 71.2 cm³/mol. The number of likely N-dealkylation sites (tertiary alicyclic amines) is 1. The molecule has 0 bridgehead atoms. The van der Waals surface area contributed by atoms with Crippen molar-refractivity contribution in [3.63, 3.8) is 0 Å². The van der Waals surface area contributed by atoms with E-state index in [9.17, 15) is 5.26 Å². The molecule has 1 saturated heterocycles. The molecule has 4 nitrogen and oxygen atoms in total. The lowest BCUT2D eigenvalue weighted by molar-refractivity contribution is 0.107. The summed E-state index contributed by atoms with van der Waals surface area (Å²) < 4.78 is 5.39. The third-order valence-electron chi connectivity index (χ3n) is 4.82. The van der Waals surface area contributed by atoms with Gasteiger partial charge < -0.3 is 15.0 Å². The van der Waals surface area contributed by atoms with Gasteiger partial charge in [0.05, 0.1) is 12.2 Å². The van der Waals surface area contributed by atoms with Gasteiger partial charge in [-0.1, -0.05) is 6.42 Å². The Labute approximate surface area is 110 Å². The fourth-order valence-corrected chi connectivity index (χ4v) is 3.53. The van der Waals surface area contributed by atoms with Gasteiger partial charge in [0.25, 0.3) is 0 Å². The molecule has 0 aromatic rings. The molecule has 2 rings (SSSR count). The molecule has 102 valence electrons. The molecule has 1 N–H and O–H groups in total. The number of nitriles is 1. The Hall–Kier alpha value is -0.630. The Morgan fingerprint density at radius 1 is 1.50 bits per heavy atom. The summed E-state index contributed by atoms with van der Waals surface area (Å²) in [5, 5.41) is 12.7. The average molecular weight is 251 g/mol. The summed E-state index contributed by atoms with van der Waals surface area (Å²) in [7, 11) is 3.73. The summed E-state index contributed by atoms with van der Waals surface area (Å²) in [6.07, 6.45) is 6.07. The molecule has 18 heavy (non-hydrogen) atoms.